The average molecular weight is 1000 g/mol. The Bertz CT molecular complexity index is 3510. The SMILES string of the molecule is OCC(O)COc1c(F)c(F)c(-c2c3nc(c(-c4cccc(O)c4)c4[nH]c(c(O)c4O)c(-c4c(F)c(F)c(OCC(O)CO)c(F)c4F)c4nc(c(-c5cccc(O)c5)c5ccc2[nH]5)C=C4)CC3)c(F)c1F. The van der Waals surface area contributed by atoms with Gasteiger partial charge in [-0.15, -0.1) is 0 Å². The zero-order chi connectivity index (χ0) is 51.4. The van der Waals surface area contributed by atoms with Gasteiger partial charge in [0, 0.05) is 33.3 Å². The van der Waals surface area contributed by atoms with E-state index in [1.165, 1.54) is 60.7 Å². The Kier molecular flexibility index (Phi) is 13.0. The fourth-order valence-corrected chi connectivity index (χ4v) is 8.46. The lowest BCUT2D eigenvalue weighted by Gasteiger charge is -2.15. The number of aromatic amines is 2. The first-order valence-electron chi connectivity index (χ1n) is 21.5. The molecule has 372 valence electrons. The molecule has 3 aromatic heterocycles. The lowest BCUT2D eigenvalue weighted by atomic mass is 9.99. The van der Waals surface area contributed by atoms with Crippen molar-refractivity contribution in [2.75, 3.05) is 26.4 Å². The summed E-state index contributed by atoms with van der Waals surface area (Å²) in [6, 6.07) is 13.2. The highest BCUT2D eigenvalue weighted by Crippen LogP contribution is 2.49. The predicted molar refractivity (Wildman–Crippen MR) is 243 cm³/mol. The number of phenolic OH excluding ortho intramolecular Hbond substituents is 2. The Morgan fingerprint density at radius 3 is 1.38 bits per heavy atom. The summed E-state index contributed by atoms with van der Waals surface area (Å²) in [6.07, 6.45) is -1.62. The van der Waals surface area contributed by atoms with Crippen LogP contribution in [0.25, 0.3) is 78.7 Å². The molecule has 2 atom stereocenters. The van der Waals surface area contributed by atoms with Crippen molar-refractivity contribution >= 4 is 34.2 Å². The maximum Gasteiger partial charge on any atom is 0.204 e. The molecule has 0 amide bonds. The van der Waals surface area contributed by atoms with Crippen LogP contribution in [0.2, 0.25) is 0 Å². The highest BCUT2D eigenvalue weighted by atomic mass is 19.2. The maximum atomic E-state index is 16.6. The Morgan fingerprint density at radius 2 is 0.903 bits per heavy atom. The first-order valence-corrected chi connectivity index (χ1v) is 21.5. The number of aromatic nitrogens is 4. The third-order valence-electron chi connectivity index (χ3n) is 11.7. The van der Waals surface area contributed by atoms with Gasteiger partial charge in [0.15, 0.2) is 46.3 Å². The van der Waals surface area contributed by atoms with Crippen LogP contribution in [0.15, 0.2) is 60.7 Å². The summed E-state index contributed by atoms with van der Waals surface area (Å²) in [4.78, 5) is 14.9. The molecule has 0 fully saturated rings. The van der Waals surface area contributed by atoms with E-state index < -0.39 is 147 Å². The molecular formula is C50H36F8N4O10. The molecule has 10 N–H and O–H groups in total. The molecule has 7 aromatic rings. The average Bonchev–Trinajstić information content (AvgIpc) is 4.20. The predicted octanol–water partition coefficient (Wildman–Crippen LogP) is 8.34. The van der Waals surface area contributed by atoms with Crippen LogP contribution in [-0.2, 0) is 12.8 Å². The number of aliphatic hydroxyl groups excluding tert-OH is 4. The zero-order valence-electron chi connectivity index (χ0n) is 36.6. The molecule has 9 rings (SSSR count). The van der Waals surface area contributed by atoms with Gasteiger partial charge >= 0.3 is 0 Å². The smallest absolute Gasteiger partial charge is 0.204 e. The van der Waals surface area contributed by atoms with Crippen molar-refractivity contribution in [1.82, 2.24) is 19.9 Å². The number of benzene rings is 4. The minimum Gasteiger partial charge on any atom is -0.508 e. The highest BCUT2D eigenvalue weighted by molar-refractivity contribution is 6.01. The molecule has 0 saturated heterocycles. The summed E-state index contributed by atoms with van der Waals surface area (Å²) in [5.74, 6) is -22.6. The van der Waals surface area contributed by atoms with E-state index in [-0.39, 0.29) is 74.7 Å². The van der Waals surface area contributed by atoms with Gasteiger partial charge in [-0.2, -0.15) is 17.6 Å². The fraction of sp³-hybridized carbons (Fsp3) is 0.160. The number of phenols is 2. The zero-order valence-corrected chi connectivity index (χ0v) is 36.6. The van der Waals surface area contributed by atoms with Gasteiger partial charge in [-0.3, -0.25) is 4.98 Å². The van der Waals surface area contributed by atoms with Gasteiger partial charge in [0.2, 0.25) is 23.3 Å². The summed E-state index contributed by atoms with van der Waals surface area (Å²) in [5.41, 5.74) is -7.03. The molecule has 72 heavy (non-hydrogen) atoms. The number of aromatic hydroxyl groups is 4. The molecule has 4 aromatic carbocycles. The van der Waals surface area contributed by atoms with Crippen LogP contribution in [0, 0.1) is 46.5 Å². The van der Waals surface area contributed by atoms with Gasteiger partial charge in [-0.25, -0.2) is 22.5 Å². The first kappa shape index (κ1) is 48.8. The second-order valence-corrected chi connectivity index (χ2v) is 16.4. The minimum absolute atomic E-state index is 0.00235. The number of nitrogens with one attached hydrogen (secondary N) is 2. The number of H-pyrrole nitrogens is 2. The monoisotopic (exact) mass is 1000 g/mol. The van der Waals surface area contributed by atoms with E-state index >= 15 is 35.1 Å². The van der Waals surface area contributed by atoms with Crippen LogP contribution in [-0.4, -0.2) is 99.4 Å². The molecule has 5 heterocycles. The first-order chi connectivity index (χ1) is 34.4. The topological polar surface area (TPSA) is 238 Å². The number of halogens is 8. The van der Waals surface area contributed by atoms with Crippen LogP contribution >= 0.6 is 0 Å². The molecular weight excluding hydrogens is 969 g/mol. The normalized spacial score (nSPS) is 13.2. The van der Waals surface area contributed by atoms with Crippen LogP contribution in [0.1, 0.15) is 22.8 Å². The van der Waals surface area contributed by atoms with Crippen LogP contribution in [0.3, 0.4) is 0 Å². The number of hydrogen-bond acceptors (Lipinski definition) is 12. The largest absolute Gasteiger partial charge is 0.508 e. The Morgan fingerprint density at radius 1 is 0.486 bits per heavy atom. The van der Waals surface area contributed by atoms with Crippen molar-refractivity contribution in [3.63, 3.8) is 0 Å². The molecule has 2 aliphatic heterocycles. The number of aryl methyl sites for hydroxylation is 2. The standard InChI is InChI=1S/C50H36F8N4O10/c51-37-35(38(52)42(56)49(41(37)55)71-17-23(67)15-63)33-28-10-7-25(59-28)31(19-3-1-5-21(65)13-19)26-8-12-30(60-26)34(36-39(53)43(57)50(44(58)40(36)54)72-18-24(68)16-64)46-48(70)47(69)45(62-46)32(27-9-11-29(33)61-27)20-4-2-6-22(66)14-20/h1-8,10,12-14,23-24,59,62-70H,9,11,15-18H2. The summed E-state index contributed by atoms with van der Waals surface area (Å²) in [6.45, 7) is -3.86. The number of nitrogens with zero attached hydrogens (tertiary/aromatic N) is 2. The molecule has 14 nitrogen and oxygen atoms in total. The van der Waals surface area contributed by atoms with Crippen LogP contribution in [0.5, 0.6) is 34.5 Å². The number of hydrogen-bond donors (Lipinski definition) is 10. The van der Waals surface area contributed by atoms with Gasteiger partial charge in [0.05, 0.1) is 58.1 Å². The minimum atomic E-state index is -2.13. The van der Waals surface area contributed by atoms with E-state index in [0.29, 0.717) is 0 Å². The van der Waals surface area contributed by atoms with Gasteiger partial charge in [0.1, 0.15) is 36.9 Å². The van der Waals surface area contributed by atoms with Crippen molar-refractivity contribution in [2.24, 2.45) is 0 Å². The molecule has 0 aliphatic carbocycles. The third kappa shape index (κ3) is 8.42. The molecule has 22 heteroatoms. The lowest BCUT2D eigenvalue weighted by molar-refractivity contribution is 0.0504. The molecule has 2 aliphatic rings. The van der Waals surface area contributed by atoms with E-state index in [4.69, 9.17) is 9.47 Å². The van der Waals surface area contributed by atoms with Gasteiger partial charge < -0.3 is 60.3 Å². The van der Waals surface area contributed by atoms with Gasteiger partial charge in [0.25, 0.3) is 0 Å². The lowest BCUT2D eigenvalue weighted by Crippen LogP contribution is -2.22. The molecule has 0 radical (unpaired) electrons. The van der Waals surface area contributed by atoms with Gasteiger partial charge in [-0.1, -0.05) is 24.3 Å². The van der Waals surface area contributed by atoms with Crippen LogP contribution < -0.4 is 9.47 Å². The van der Waals surface area contributed by atoms with E-state index in [1.807, 2.05) is 0 Å². The van der Waals surface area contributed by atoms with Crippen molar-refractivity contribution in [2.45, 2.75) is 25.0 Å². The van der Waals surface area contributed by atoms with Crippen molar-refractivity contribution in [3.8, 4) is 79.0 Å². The summed E-state index contributed by atoms with van der Waals surface area (Å²) in [7, 11) is 0. The summed E-state index contributed by atoms with van der Waals surface area (Å²) < 4.78 is 140. The summed E-state index contributed by atoms with van der Waals surface area (Å²) >= 11 is 0. The Balaban J connectivity index is 1.48. The number of rotatable bonds is 12. The van der Waals surface area contributed by atoms with E-state index in [0.717, 1.165) is 12.1 Å². The fourth-order valence-electron chi connectivity index (χ4n) is 8.46. The van der Waals surface area contributed by atoms with Gasteiger partial charge in [-0.05, 0) is 72.5 Å². The number of ether oxygens (including phenoxy) is 2. The van der Waals surface area contributed by atoms with Crippen molar-refractivity contribution < 1.29 is 85.4 Å². The number of aliphatic hydroxyl groups is 4. The highest BCUT2D eigenvalue weighted by Gasteiger charge is 2.35. The van der Waals surface area contributed by atoms with Crippen LogP contribution in [0.4, 0.5) is 35.1 Å². The van der Waals surface area contributed by atoms with E-state index in [9.17, 15) is 40.9 Å². The molecule has 8 bridgehead atoms. The maximum absolute atomic E-state index is 16.6. The van der Waals surface area contributed by atoms with E-state index in [1.54, 1.807) is 0 Å². The van der Waals surface area contributed by atoms with Crippen molar-refractivity contribution in [1.29, 1.82) is 0 Å². The summed E-state index contributed by atoms with van der Waals surface area (Å²) in [5, 5.41) is 82.8. The second kappa shape index (κ2) is 19.2. The molecule has 0 saturated carbocycles. The Hall–Kier alpha value is -8.18. The van der Waals surface area contributed by atoms with E-state index in [2.05, 4.69) is 19.9 Å². The second-order valence-electron chi connectivity index (χ2n) is 16.4. The quantitative estimate of drug-likeness (QED) is 0.0411. The third-order valence-corrected chi connectivity index (χ3v) is 11.7. The molecule has 0 spiro atoms. The van der Waals surface area contributed by atoms with Crippen molar-refractivity contribution in [3.05, 3.63) is 130 Å². The molecule has 2 unspecified atom stereocenters. The Labute approximate surface area is 399 Å². The number of fused-ring (bicyclic) bond motifs is 8.